The summed E-state index contributed by atoms with van der Waals surface area (Å²) in [6.45, 7) is 0. The summed E-state index contributed by atoms with van der Waals surface area (Å²) in [6, 6.07) is 51.3. The summed E-state index contributed by atoms with van der Waals surface area (Å²) in [5.74, 6) is 0.898. The summed E-state index contributed by atoms with van der Waals surface area (Å²) in [4.78, 5) is 15.2. The molecule has 208 valence electrons. The molecule has 9 rings (SSSR count). The lowest BCUT2D eigenvalue weighted by atomic mass is 10.1. The molecular weight excluding hydrogens is 577 g/mol. The molecule has 0 atom stereocenters. The van der Waals surface area contributed by atoms with Crippen molar-refractivity contribution in [1.82, 2.24) is 14.5 Å². The van der Waals surface area contributed by atoms with Crippen LogP contribution in [0.2, 0.25) is 0 Å². The molecule has 0 N–H and O–H groups in total. The van der Waals surface area contributed by atoms with E-state index in [9.17, 15) is 0 Å². The second-order valence-corrected chi connectivity index (χ2v) is 12.8. The van der Waals surface area contributed by atoms with Gasteiger partial charge in [0.05, 0.1) is 32.6 Å². The van der Waals surface area contributed by atoms with E-state index in [1.165, 1.54) is 25.9 Å². The Hall–Kier alpha value is -5.17. The second-order valence-electron chi connectivity index (χ2n) is 10.7. The number of anilines is 3. The minimum absolute atomic E-state index is 0.898. The fraction of sp³-hybridized carbons (Fsp3) is 0. The van der Waals surface area contributed by atoms with Crippen molar-refractivity contribution in [3.63, 3.8) is 0 Å². The predicted octanol–water partition coefficient (Wildman–Crippen LogP) is 10.9. The zero-order valence-electron chi connectivity index (χ0n) is 23.5. The molecule has 3 heterocycles. The zero-order valence-corrected chi connectivity index (χ0v) is 25.1. The molecule has 1 aliphatic rings. The van der Waals surface area contributed by atoms with Crippen molar-refractivity contribution in [3.8, 4) is 27.6 Å². The van der Waals surface area contributed by atoms with Gasteiger partial charge in [0.1, 0.15) is 10.8 Å². The molecule has 0 unspecified atom stereocenters. The number of aromatic nitrogens is 3. The summed E-state index contributed by atoms with van der Waals surface area (Å²) in [5, 5.41) is 0.990. The predicted molar refractivity (Wildman–Crippen MR) is 184 cm³/mol. The molecule has 0 aliphatic carbocycles. The molecule has 4 nitrogen and oxygen atoms in total. The van der Waals surface area contributed by atoms with Gasteiger partial charge in [-0.25, -0.2) is 9.97 Å². The standard InChI is InChI=1S/C38H24N4S2/c1-2-12-27(13-3-1)42-31-16-6-4-14-29(31)39-37(42)25-22-26(38-40-30-15-5-9-19-34(30)44-38)24-28(23-25)41-32-17-7-10-20-35(32)43-36-21-11-8-18-33(36)41/h1-24H. The summed E-state index contributed by atoms with van der Waals surface area (Å²) in [5.41, 5.74) is 9.64. The van der Waals surface area contributed by atoms with E-state index in [4.69, 9.17) is 9.97 Å². The van der Waals surface area contributed by atoms with Crippen molar-refractivity contribution in [2.24, 2.45) is 0 Å². The number of thiazole rings is 1. The number of para-hydroxylation sites is 6. The highest BCUT2D eigenvalue weighted by atomic mass is 32.2. The molecule has 0 bridgehead atoms. The van der Waals surface area contributed by atoms with Gasteiger partial charge in [0.2, 0.25) is 0 Å². The Bertz CT molecular complexity index is 2260. The molecular formula is C38H24N4S2. The lowest BCUT2D eigenvalue weighted by molar-refractivity contribution is 1.10. The molecule has 44 heavy (non-hydrogen) atoms. The van der Waals surface area contributed by atoms with Crippen LogP contribution in [0.1, 0.15) is 0 Å². The Morgan fingerprint density at radius 1 is 0.500 bits per heavy atom. The van der Waals surface area contributed by atoms with Gasteiger partial charge in [-0.05, 0) is 78.9 Å². The first-order valence-electron chi connectivity index (χ1n) is 14.5. The molecule has 6 aromatic carbocycles. The summed E-state index contributed by atoms with van der Waals surface area (Å²) < 4.78 is 3.45. The average molecular weight is 601 g/mol. The van der Waals surface area contributed by atoms with Gasteiger partial charge < -0.3 is 4.90 Å². The van der Waals surface area contributed by atoms with Crippen LogP contribution in [0.4, 0.5) is 17.1 Å². The van der Waals surface area contributed by atoms with Crippen molar-refractivity contribution < 1.29 is 0 Å². The van der Waals surface area contributed by atoms with Gasteiger partial charge in [-0.2, -0.15) is 0 Å². The third kappa shape index (κ3) is 4.14. The quantitative estimate of drug-likeness (QED) is 0.201. The number of imidazole rings is 1. The van der Waals surface area contributed by atoms with Crippen LogP contribution in [0.5, 0.6) is 0 Å². The Morgan fingerprint density at radius 2 is 1.14 bits per heavy atom. The van der Waals surface area contributed by atoms with Crippen LogP contribution in [0, 0.1) is 0 Å². The molecule has 1 aliphatic heterocycles. The summed E-state index contributed by atoms with van der Waals surface area (Å²) in [6.07, 6.45) is 0. The molecule has 0 spiro atoms. The van der Waals surface area contributed by atoms with E-state index in [-0.39, 0.29) is 0 Å². The van der Waals surface area contributed by atoms with Crippen LogP contribution in [0.15, 0.2) is 155 Å². The lowest BCUT2D eigenvalue weighted by Crippen LogP contribution is -2.15. The molecule has 6 heteroatoms. The van der Waals surface area contributed by atoms with E-state index in [1.807, 2.05) is 11.8 Å². The number of benzene rings is 6. The smallest absolute Gasteiger partial charge is 0.145 e. The summed E-state index contributed by atoms with van der Waals surface area (Å²) >= 11 is 3.54. The number of rotatable bonds is 4. The molecule has 0 radical (unpaired) electrons. The van der Waals surface area contributed by atoms with Crippen molar-refractivity contribution >= 4 is 61.4 Å². The second kappa shape index (κ2) is 10.2. The van der Waals surface area contributed by atoms with E-state index < -0.39 is 0 Å². The first-order valence-corrected chi connectivity index (χ1v) is 16.1. The third-order valence-electron chi connectivity index (χ3n) is 7.98. The molecule has 0 saturated carbocycles. The van der Waals surface area contributed by atoms with Gasteiger partial charge in [-0.15, -0.1) is 11.3 Å². The number of hydrogen-bond donors (Lipinski definition) is 0. The highest BCUT2D eigenvalue weighted by Gasteiger charge is 2.26. The topological polar surface area (TPSA) is 34.0 Å². The minimum Gasteiger partial charge on any atom is -0.308 e. The van der Waals surface area contributed by atoms with Crippen LogP contribution in [0.3, 0.4) is 0 Å². The average Bonchev–Trinajstić information content (AvgIpc) is 3.70. The lowest BCUT2D eigenvalue weighted by Gasteiger charge is -2.33. The van der Waals surface area contributed by atoms with Crippen LogP contribution in [-0.4, -0.2) is 14.5 Å². The first-order chi connectivity index (χ1) is 21.8. The number of hydrogen-bond acceptors (Lipinski definition) is 5. The van der Waals surface area contributed by atoms with Gasteiger partial charge in [0, 0.05) is 32.3 Å². The van der Waals surface area contributed by atoms with Gasteiger partial charge in [0.25, 0.3) is 0 Å². The largest absolute Gasteiger partial charge is 0.308 e. The van der Waals surface area contributed by atoms with Crippen molar-refractivity contribution in [1.29, 1.82) is 0 Å². The Balaban J connectivity index is 1.34. The van der Waals surface area contributed by atoms with Crippen molar-refractivity contribution in [3.05, 3.63) is 146 Å². The van der Waals surface area contributed by atoms with E-state index >= 15 is 0 Å². The first kappa shape index (κ1) is 25.3. The van der Waals surface area contributed by atoms with E-state index in [0.717, 1.165) is 49.9 Å². The summed E-state index contributed by atoms with van der Waals surface area (Å²) in [7, 11) is 0. The molecule has 8 aromatic rings. The molecule has 0 fully saturated rings. The Morgan fingerprint density at radius 3 is 1.91 bits per heavy atom. The highest BCUT2D eigenvalue weighted by molar-refractivity contribution is 7.99. The normalized spacial score (nSPS) is 12.4. The zero-order chi connectivity index (χ0) is 29.0. The van der Waals surface area contributed by atoms with Crippen LogP contribution < -0.4 is 4.90 Å². The highest BCUT2D eigenvalue weighted by Crippen LogP contribution is 2.52. The van der Waals surface area contributed by atoms with Crippen molar-refractivity contribution in [2.45, 2.75) is 9.79 Å². The third-order valence-corrected chi connectivity index (χ3v) is 10.2. The fourth-order valence-electron chi connectivity index (χ4n) is 6.03. The minimum atomic E-state index is 0.898. The monoisotopic (exact) mass is 600 g/mol. The Labute approximate surface area is 262 Å². The number of fused-ring (bicyclic) bond motifs is 4. The van der Waals surface area contributed by atoms with Gasteiger partial charge >= 0.3 is 0 Å². The van der Waals surface area contributed by atoms with Crippen LogP contribution in [0.25, 0.3) is 48.9 Å². The fourth-order valence-corrected chi connectivity index (χ4v) is 8.04. The van der Waals surface area contributed by atoms with E-state index in [1.54, 1.807) is 11.3 Å². The maximum absolute atomic E-state index is 5.24. The van der Waals surface area contributed by atoms with Gasteiger partial charge in [-0.1, -0.05) is 78.5 Å². The number of nitrogens with zero attached hydrogens (tertiary/aromatic N) is 4. The van der Waals surface area contributed by atoms with E-state index in [2.05, 4.69) is 155 Å². The Kier molecular flexibility index (Phi) is 5.89. The SMILES string of the molecule is c1ccc(-n2c(-c3cc(-c4nc5ccccc5s4)cc(N4c5ccccc5Sc5ccccc54)c3)nc3ccccc32)cc1. The maximum atomic E-state index is 5.24. The maximum Gasteiger partial charge on any atom is 0.145 e. The van der Waals surface area contributed by atoms with Crippen molar-refractivity contribution in [2.75, 3.05) is 4.90 Å². The molecule has 0 amide bonds. The molecule has 2 aromatic heterocycles. The van der Waals surface area contributed by atoms with Crippen LogP contribution >= 0.6 is 23.1 Å². The van der Waals surface area contributed by atoms with Crippen LogP contribution in [-0.2, 0) is 0 Å². The van der Waals surface area contributed by atoms with Gasteiger partial charge in [-0.3, -0.25) is 4.57 Å². The van der Waals surface area contributed by atoms with E-state index in [0.29, 0.717) is 0 Å². The molecule has 0 saturated heterocycles. The van der Waals surface area contributed by atoms with Gasteiger partial charge in [0.15, 0.2) is 0 Å².